The van der Waals surface area contributed by atoms with Gasteiger partial charge < -0.3 is 4.74 Å². The monoisotopic (exact) mass is 219 g/mol. The van der Waals surface area contributed by atoms with Gasteiger partial charge in [0.2, 0.25) is 6.08 Å². The predicted octanol–water partition coefficient (Wildman–Crippen LogP) is 2.53. The van der Waals surface area contributed by atoms with Crippen LogP contribution in [0.2, 0.25) is 0 Å². The Balaban J connectivity index is 2.63. The van der Waals surface area contributed by atoms with Crippen LogP contribution in [0.4, 0.5) is 0 Å². The van der Waals surface area contributed by atoms with Crippen molar-refractivity contribution in [2.24, 2.45) is 4.99 Å². The molecule has 0 atom stereocenters. The van der Waals surface area contributed by atoms with E-state index in [1.807, 2.05) is 6.07 Å². The minimum absolute atomic E-state index is 0.553. The van der Waals surface area contributed by atoms with E-state index < -0.39 is 0 Å². The van der Waals surface area contributed by atoms with Crippen LogP contribution in [0.3, 0.4) is 0 Å². The van der Waals surface area contributed by atoms with E-state index in [9.17, 15) is 4.79 Å². The highest BCUT2D eigenvalue weighted by molar-refractivity contribution is 5.37. The average molecular weight is 219 g/mol. The molecule has 16 heavy (non-hydrogen) atoms. The molecule has 0 N–H and O–H groups in total. The number of hydrogen-bond acceptors (Lipinski definition) is 3. The Morgan fingerprint density at radius 3 is 2.88 bits per heavy atom. The molecule has 0 heterocycles. The lowest BCUT2D eigenvalue weighted by atomic mass is 10.0. The molecule has 0 aliphatic heterocycles. The first-order valence-corrected chi connectivity index (χ1v) is 5.51. The molecule has 0 aliphatic carbocycles. The molecular weight excluding hydrogens is 202 g/mol. The molecule has 1 aromatic rings. The smallest absolute Gasteiger partial charge is 0.234 e. The molecule has 0 saturated carbocycles. The van der Waals surface area contributed by atoms with Gasteiger partial charge in [0.1, 0.15) is 5.75 Å². The first kappa shape index (κ1) is 12.5. The number of isocyanates is 1. The lowest BCUT2D eigenvalue weighted by Crippen LogP contribution is -1.94. The molecule has 1 rings (SSSR count). The highest BCUT2D eigenvalue weighted by Gasteiger charge is 2.02. The molecule has 0 bridgehead atoms. The fourth-order valence-corrected chi connectivity index (χ4v) is 1.67. The van der Waals surface area contributed by atoms with Gasteiger partial charge in [0, 0.05) is 0 Å². The Morgan fingerprint density at radius 1 is 1.44 bits per heavy atom. The first-order valence-electron chi connectivity index (χ1n) is 5.51. The summed E-state index contributed by atoms with van der Waals surface area (Å²) in [6.45, 7) is 2.66. The second-order valence-corrected chi connectivity index (χ2v) is 3.58. The number of rotatable bonds is 6. The first-order chi connectivity index (χ1) is 7.81. The van der Waals surface area contributed by atoms with Crippen LogP contribution < -0.4 is 4.74 Å². The van der Waals surface area contributed by atoms with Gasteiger partial charge in [-0.05, 0) is 36.5 Å². The lowest BCUT2D eigenvalue weighted by molar-refractivity contribution is 0.410. The van der Waals surface area contributed by atoms with Crippen molar-refractivity contribution >= 4 is 6.08 Å². The molecule has 1 aromatic carbocycles. The van der Waals surface area contributed by atoms with Gasteiger partial charge in [0.05, 0.1) is 13.7 Å². The van der Waals surface area contributed by atoms with Crippen LogP contribution in [0, 0.1) is 0 Å². The second-order valence-electron chi connectivity index (χ2n) is 3.58. The number of hydrogen-bond donors (Lipinski definition) is 0. The zero-order valence-electron chi connectivity index (χ0n) is 9.82. The van der Waals surface area contributed by atoms with Crippen molar-refractivity contribution in [3.05, 3.63) is 29.3 Å². The van der Waals surface area contributed by atoms with E-state index in [1.165, 1.54) is 11.1 Å². The molecule has 0 amide bonds. The number of ether oxygens (including phenoxy) is 1. The van der Waals surface area contributed by atoms with Gasteiger partial charge in [-0.1, -0.05) is 19.1 Å². The third-order valence-corrected chi connectivity index (χ3v) is 2.53. The van der Waals surface area contributed by atoms with Crippen LogP contribution >= 0.6 is 0 Å². The van der Waals surface area contributed by atoms with E-state index in [2.05, 4.69) is 24.0 Å². The Labute approximate surface area is 96.2 Å². The van der Waals surface area contributed by atoms with Crippen molar-refractivity contribution in [1.82, 2.24) is 0 Å². The van der Waals surface area contributed by atoms with E-state index in [1.54, 1.807) is 13.2 Å². The Hall–Kier alpha value is -1.60. The van der Waals surface area contributed by atoms with E-state index in [4.69, 9.17) is 4.74 Å². The zero-order valence-corrected chi connectivity index (χ0v) is 9.82. The number of benzene rings is 1. The van der Waals surface area contributed by atoms with Crippen molar-refractivity contribution in [2.75, 3.05) is 13.7 Å². The van der Waals surface area contributed by atoms with E-state index in [0.717, 1.165) is 25.0 Å². The number of aryl methyl sites for hydroxylation is 2. The van der Waals surface area contributed by atoms with E-state index in [-0.39, 0.29) is 0 Å². The molecule has 0 radical (unpaired) electrons. The Bertz CT molecular complexity index is 382. The molecule has 0 fully saturated rings. The van der Waals surface area contributed by atoms with Crippen molar-refractivity contribution < 1.29 is 9.53 Å². The van der Waals surface area contributed by atoms with Crippen molar-refractivity contribution in [3.63, 3.8) is 0 Å². The molecule has 0 spiro atoms. The molecule has 0 aromatic heterocycles. The highest BCUT2D eigenvalue weighted by atomic mass is 16.5. The third-order valence-electron chi connectivity index (χ3n) is 2.53. The highest BCUT2D eigenvalue weighted by Crippen LogP contribution is 2.20. The summed E-state index contributed by atoms with van der Waals surface area (Å²) < 4.78 is 5.26. The summed E-state index contributed by atoms with van der Waals surface area (Å²) in [7, 11) is 1.69. The summed E-state index contributed by atoms with van der Waals surface area (Å²) in [6, 6.07) is 6.21. The quantitative estimate of drug-likeness (QED) is 0.419. The van der Waals surface area contributed by atoms with Crippen LogP contribution in [-0.2, 0) is 17.6 Å². The maximum atomic E-state index is 9.89. The fraction of sp³-hybridized carbons (Fsp3) is 0.462. The van der Waals surface area contributed by atoms with E-state index in [0.29, 0.717) is 6.54 Å². The largest absolute Gasteiger partial charge is 0.496 e. The molecule has 3 nitrogen and oxygen atoms in total. The normalized spacial score (nSPS) is 9.62. The molecule has 0 saturated heterocycles. The maximum absolute atomic E-state index is 9.89. The lowest BCUT2D eigenvalue weighted by Gasteiger charge is -2.08. The van der Waals surface area contributed by atoms with Crippen molar-refractivity contribution in [2.45, 2.75) is 26.2 Å². The van der Waals surface area contributed by atoms with E-state index >= 15 is 0 Å². The summed E-state index contributed by atoms with van der Waals surface area (Å²) in [5, 5.41) is 0. The molecule has 3 heteroatoms. The maximum Gasteiger partial charge on any atom is 0.234 e. The summed E-state index contributed by atoms with van der Waals surface area (Å²) in [6.07, 6.45) is 4.32. The topological polar surface area (TPSA) is 38.7 Å². The molecule has 0 aliphatic rings. The molecular formula is C13H17NO2. The zero-order chi connectivity index (χ0) is 11.8. The van der Waals surface area contributed by atoms with Gasteiger partial charge in [-0.3, -0.25) is 0 Å². The molecule has 86 valence electrons. The van der Waals surface area contributed by atoms with Gasteiger partial charge in [-0.25, -0.2) is 9.79 Å². The number of nitrogens with zero attached hydrogens (tertiary/aromatic N) is 1. The van der Waals surface area contributed by atoms with Gasteiger partial charge in [0.25, 0.3) is 0 Å². The van der Waals surface area contributed by atoms with Crippen LogP contribution in [-0.4, -0.2) is 19.7 Å². The van der Waals surface area contributed by atoms with Crippen molar-refractivity contribution in [1.29, 1.82) is 0 Å². The van der Waals surface area contributed by atoms with Crippen LogP contribution in [0.25, 0.3) is 0 Å². The van der Waals surface area contributed by atoms with Crippen LogP contribution in [0.5, 0.6) is 5.75 Å². The summed E-state index contributed by atoms with van der Waals surface area (Å²) in [5.41, 5.74) is 2.48. The van der Waals surface area contributed by atoms with Crippen LogP contribution in [0.1, 0.15) is 24.5 Å². The van der Waals surface area contributed by atoms with Gasteiger partial charge in [-0.2, -0.15) is 0 Å². The summed E-state index contributed by atoms with van der Waals surface area (Å²) in [5.74, 6) is 0.942. The standard InChI is InChI=1S/C13H17NO2/c1-3-12-9-11(5-4-8-14-10-15)6-7-13(12)16-2/h6-7,9H,3-5,8H2,1-2H3. The summed E-state index contributed by atoms with van der Waals surface area (Å²) >= 11 is 0. The summed E-state index contributed by atoms with van der Waals surface area (Å²) in [4.78, 5) is 13.4. The Kier molecular flexibility index (Phi) is 5.30. The van der Waals surface area contributed by atoms with Crippen LogP contribution in [0.15, 0.2) is 23.2 Å². The van der Waals surface area contributed by atoms with Gasteiger partial charge in [-0.15, -0.1) is 0 Å². The number of carbonyl (C=O) groups excluding carboxylic acids is 1. The third kappa shape index (κ3) is 3.52. The van der Waals surface area contributed by atoms with Gasteiger partial charge >= 0.3 is 0 Å². The number of methoxy groups -OCH3 is 1. The SMILES string of the molecule is CCc1cc(CCCN=C=O)ccc1OC. The average Bonchev–Trinajstić information content (AvgIpc) is 2.34. The predicted molar refractivity (Wildman–Crippen MR) is 63.7 cm³/mol. The molecule has 0 unspecified atom stereocenters. The fourth-order valence-electron chi connectivity index (χ4n) is 1.67. The minimum atomic E-state index is 0.553. The minimum Gasteiger partial charge on any atom is -0.496 e. The second kappa shape index (κ2) is 6.81. The Morgan fingerprint density at radius 2 is 2.25 bits per heavy atom. The van der Waals surface area contributed by atoms with Crippen molar-refractivity contribution in [3.8, 4) is 5.75 Å². The number of aliphatic imine (C=N–C) groups is 1. The van der Waals surface area contributed by atoms with Gasteiger partial charge in [0.15, 0.2) is 0 Å².